The molecule has 0 aromatic rings. The Balaban J connectivity index is 2.75. The quantitative estimate of drug-likeness (QED) is 0.672. The molecule has 0 amide bonds. The van der Waals surface area contributed by atoms with Gasteiger partial charge in [0.05, 0.1) is 6.54 Å². The highest BCUT2D eigenvalue weighted by Gasteiger charge is 2.23. The van der Waals surface area contributed by atoms with Crippen LogP contribution in [0.25, 0.3) is 0 Å². The van der Waals surface area contributed by atoms with Gasteiger partial charge in [0.15, 0.2) is 0 Å². The van der Waals surface area contributed by atoms with Gasteiger partial charge < -0.3 is 0 Å². The molecule has 0 saturated carbocycles. The Kier molecular flexibility index (Phi) is 6.67. The number of rotatable bonds is 5. The molecule has 0 saturated heterocycles. The van der Waals surface area contributed by atoms with Crippen LogP contribution in [0.5, 0.6) is 0 Å². The summed E-state index contributed by atoms with van der Waals surface area (Å²) in [4.78, 5) is 2.25. The van der Waals surface area contributed by atoms with E-state index in [0.29, 0.717) is 24.4 Å². The summed E-state index contributed by atoms with van der Waals surface area (Å²) in [6, 6.07) is 0.481. The minimum atomic E-state index is 0.481. The number of terminal acetylenes is 1. The summed E-state index contributed by atoms with van der Waals surface area (Å²) in [7, 11) is 2.11. The van der Waals surface area contributed by atoms with E-state index in [9.17, 15) is 0 Å². The first kappa shape index (κ1) is 15.8. The van der Waals surface area contributed by atoms with Crippen LogP contribution in [0.15, 0.2) is 36.0 Å². The van der Waals surface area contributed by atoms with Gasteiger partial charge in [-0.1, -0.05) is 50.1 Å². The van der Waals surface area contributed by atoms with Crippen LogP contribution in [0.4, 0.5) is 0 Å². The molecule has 1 rings (SSSR count). The van der Waals surface area contributed by atoms with Crippen LogP contribution >= 0.6 is 0 Å². The maximum absolute atomic E-state index is 5.40. The maximum atomic E-state index is 5.40. The third-order valence-corrected chi connectivity index (χ3v) is 4.35. The fourth-order valence-electron chi connectivity index (χ4n) is 2.46. The molecule has 0 radical (unpaired) electrons. The number of hydrogen-bond donors (Lipinski definition) is 0. The van der Waals surface area contributed by atoms with Crippen LogP contribution in [-0.4, -0.2) is 24.5 Å². The average molecular weight is 257 g/mol. The smallest absolute Gasteiger partial charge is 0.0598 e. The zero-order chi connectivity index (χ0) is 14.3. The molecule has 3 atom stereocenters. The Labute approximate surface area is 119 Å². The van der Waals surface area contributed by atoms with E-state index in [4.69, 9.17) is 6.42 Å². The minimum absolute atomic E-state index is 0.481. The highest BCUT2D eigenvalue weighted by Crippen LogP contribution is 2.27. The number of nitrogens with zero attached hydrogens (tertiary/aromatic N) is 1. The predicted molar refractivity (Wildman–Crippen MR) is 84.9 cm³/mol. The fraction of sp³-hybridized carbons (Fsp3) is 0.556. The van der Waals surface area contributed by atoms with E-state index in [0.717, 1.165) is 12.8 Å². The first-order valence-electron chi connectivity index (χ1n) is 7.25. The van der Waals surface area contributed by atoms with Crippen molar-refractivity contribution < 1.29 is 0 Å². The SMILES string of the molecule is C#CCN(C)C(C)C(C)C(C)C1=C/C=CCC/C=C\1. The van der Waals surface area contributed by atoms with Crippen molar-refractivity contribution in [1.82, 2.24) is 4.90 Å². The van der Waals surface area contributed by atoms with Crippen LogP contribution in [0.1, 0.15) is 33.6 Å². The lowest BCUT2D eigenvalue weighted by molar-refractivity contribution is 0.192. The fourth-order valence-corrected chi connectivity index (χ4v) is 2.46. The molecular weight excluding hydrogens is 230 g/mol. The summed E-state index contributed by atoms with van der Waals surface area (Å²) in [5.41, 5.74) is 1.42. The van der Waals surface area contributed by atoms with Gasteiger partial charge in [-0.05, 0) is 44.2 Å². The lowest BCUT2D eigenvalue weighted by atomic mass is 9.83. The lowest BCUT2D eigenvalue weighted by Gasteiger charge is -2.33. The second-order valence-electron chi connectivity index (χ2n) is 5.58. The van der Waals surface area contributed by atoms with Gasteiger partial charge in [0, 0.05) is 6.04 Å². The monoisotopic (exact) mass is 257 g/mol. The van der Waals surface area contributed by atoms with E-state index in [1.807, 2.05) is 0 Å². The second-order valence-corrected chi connectivity index (χ2v) is 5.58. The predicted octanol–water partition coefficient (Wildman–Crippen LogP) is 4.04. The normalized spacial score (nSPS) is 24.5. The molecule has 1 nitrogen and oxygen atoms in total. The summed E-state index contributed by atoms with van der Waals surface area (Å²) in [5, 5.41) is 0. The highest BCUT2D eigenvalue weighted by atomic mass is 15.1. The summed E-state index contributed by atoms with van der Waals surface area (Å²) in [5.74, 6) is 3.83. The molecular formula is C18H27N. The van der Waals surface area contributed by atoms with Crippen LogP contribution in [0.3, 0.4) is 0 Å². The highest BCUT2D eigenvalue weighted by molar-refractivity contribution is 5.28. The third kappa shape index (κ3) is 4.73. The Hall–Kier alpha value is -1.26. The Morgan fingerprint density at radius 2 is 1.95 bits per heavy atom. The molecule has 0 spiro atoms. The second kappa shape index (κ2) is 8.02. The molecule has 19 heavy (non-hydrogen) atoms. The first-order chi connectivity index (χ1) is 9.07. The van der Waals surface area contributed by atoms with Crippen molar-refractivity contribution in [2.45, 2.75) is 39.7 Å². The van der Waals surface area contributed by atoms with Crippen molar-refractivity contribution in [2.75, 3.05) is 13.6 Å². The molecule has 0 bridgehead atoms. The van der Waals surface area contributed by atoms with E-state index < -0.39 is 0 Å². The Morgan fingerprint density at radius 3 is 2.63 bits per heavy atom. The molecule has 1 heteroatoms. The number of hydrogen-bond acceptors (Lipinski definition) is 1. The van der Waals surface area contributed by atoms with Gasteiger partial charge >= 0.3 is 0 Å². The molecule has 1 aliphatic carbocycles. The molecule has 0 N–H and O–H groups in total. The van der Waals surface area contributed by atoms with E-state index in [2.05, 4.69) is 69.0 Å². The van der Waals surface area contributed by atoms with Gasteiger partial charge in [0.2, 0.25) is 0 Å². The first-order valence-corrected chi connectivity index (χ1v) is 7.25. The van der Waals surface area contributed by atoms with Crippen LogP contribution in [0.2, 0.25) is 0 Å². The van der Waals surface area contributed by atoms with Crippen molar-refractivity contribution >= 4 is 0 Å². The summed E-state index contributed by atoms with van der Waals surface area (Å²) >= 11 is 0. The summed E-state index contributed by atoms with van der Waals surface area (Å²) < 4.78 is 0. The Morgan fingerprint density at radius 1 is 1.26 bits per heavy atom. The van der Waals surface area contributed by atoms with Gasteiger partial charge in [-0.2, -0.15) is 0 Å². The van der Waals surface area contributed by atoms with Crippen molar-refractivity contribution in [3.05, 3.63) is 36.0 Å². The van der Waals surface area contributed by atoms with E-state index in [1.54, 1.807) is 0 Å². The van der Waals surface area contributed by atoms with Crippen molar-refractivity contribution in [3.63, 3.8) is 0 Å². The molecule has 3 unspecified atom stereocenters. The van der Waals surface area contributed by atoms with Crippen LogP contribution in [0, 0.1) is 24.2 Å². The molecule has 0 heterocycles. The van der Waals surface area contributed by atoms with Gasteiger partial charge in [-0.25, -0.2) is 0 Å². The molecule has 0 fully saturated rings. The number of allylic oxidation sites excluding steroid dienone is 6. The summed E-state index contributed by atoms with van der Waals surface area (Å²) in [6.45, 7) is 7.62. The average Bonchev–Trinajstić information content (AvgIpc) is 2.36. The third-order valence-electron chi connectivity index (χ3n) is 4.35. The minimum Gasteiger partial charge on any atom is -0.292 e. The molecule has 1 aliphatic rings. The zero-order valence-electron chi connectivity index (χ0n) is 12.8. The van der Waals surface area contributed by atoms with Crippen molar-refractivity contribution in [2.24, 2.45) is 11.8 Å². The zero-order valence-corrected chi connectivity index (χ0v) is 12.8. The van der Waals surface area contributed by atoms with Gasteiger partial charge in [-0.3, -0.25) is 4.90 Å². The van der Waals surface area contributed by atoms with Gasteiger partial charge in [-0.15, -0.1) is 6.42 Å². The molecule has 0 aromatic carbocycles. The van der Waals surface area contributed by atoms with Crippen molar-refractivity contribution in [1.29, 1.82) is 0 Å². The summed E-state index contributed by atoms with van der Waals surface area (Å²) in [6.07, 6.45) is 19.0. The lowest BCUT2D eigenvalue weighted by Crippen LogP contribution is -2.37. The van der Waals surface area contributed by atoms with Crippen molar-refractivity contribution in [3.8, 4) is 12.3 Å². The van der Waals surface area contributed by atoms with Crippen LogP contribution < -0.4 is 0 Å². The van der Waals surface area contributed by atoms with E-state index in [1.165, 1.54) is 5.57 Å². The van der Waals surface area contributed by atoms with Crippen LogP contribution in [-0.2, 0) is 0 Å². The maximum Gasteiger partial charge on any atom is 0.0598 e. The van der Waals surface area contributed by atoms with Gasteiger partial charge in [0.1, 0.15) is 0 Å². The molecule has 0 aliphatic heterocycles. The van der Waals surface area contributed by atoms with E-state index >= 15 is 0 Å². The standard InChI is InChI=1S/C18H27N/c1-6-14-19(5)17(4)15(2)16(3)18-12-10-8-7-9-11-13-18/h1,8,10-13,15-17H,7,9,14H2,2-5H3/b10-8?,13-11-,18-12+. The Bertz CT molecular complexity index is 394. The van der Waals surface area contributed by atoms with Gasteiger partial charge in [0.25, 0.3) is 0 Å². The molecule has 0 aromatic heterocycles. The molecule has 104 valence electrons. The topological polar surface area (TPSA) is 3.24 Å². The van der Waals surface area contributed by atoms with E-state index in [-0.39, 0.29) is 0 Å². The largest absolute Gasteiger partial charge is 0.292 e.